The number of methoxy groups -OCH3 is 2. The van der Waals surface area contributed by atoms with Crippen molar-refractivity contribution in [3.05, 3.63) is 47.9 Å². The molecule has 0 fully saturated rings. The molecule has 2 aromatic rings. The number of aliphatic hydroxyl groups excluding tert-OH is 1. The molecule has 1 aromatic carbocycles. The van der Waals surface area contributed by atoms with Crippen molar-refractivity contribution in [3.8, 4) is 11.5 Å². The lowest BCUT2D eigenvalue weighted by molar-refractivity contribution is 0.161. The van der Waals surface area contributed by atoms with Crippen LogP contribution in [-0.2, 0) is 6.42 Å². The third-order valence-electron chi connectivity index (χ3n) is 3.04. The van der Waals surface area contributed by atoms with Crippen LogP contribution in [0.1, 0.15) is 23.8 Å². The Bertz CT molecular complexity index is 505. The van der Waals surface area contributed by atoms with Crippen molar-refractivity contribution >= 4 is 0 Å². The molecule has 1 unspecified atom stereocenters. The second-order valence-corrected chi connectivity index (χ2v) is 4.24. The molecule has 1 atom stereocenters. The molecule has 19 heavy (non-hydrogen) atoms. The molecule has 0 saturated heterocycles. The van der Waals surface area contributed by atoms with Gasteiger partial charge in [0.15, 0.2) is 0 Å². The van der Waals surface area contributed by atoms with E-state index in [1.54, 1.807) is 26.5 Å². The highest BCUT2D eigenvalue weighted by Crippen LogP contribution is 2.31. The first-order valence-corrected chi connectivity index (χ1v) is 6.17. The number of hydrogen-bond acceptors (Lipinski definition) is 4. The summed E-state index contributed by atoms with van der Waals surface area (Å²) in [7, 11) is 3.18. The van der Waals surface area contributed by atoms with E-state index in [-0.39, 0.29) is 0 Å². The number of hydrogen-bond donors (Lipinski definition) is 1. The number of rotatable bonds is 6. The minimum atomic E-state index is -0.592. The molecule has 1 aromatic heterocycles. The molecule has 1 N–H and O–H groups in total. The van der Waals surface area contributed by atoms with E-state index >= 15 is 0 Å². The van der Waals surface area contributed by atoms with E-state index in [9.17, 15) is 5.11 Å². The van der Waals surface area contributed by atoms with Crippen LogP contribution < -0.4 is 9.47 Å². The molecule has 0 radical (unpaired) electrons. The van der Waals surface area contributed by atoms with E-state index in [1.807, 2.05) is 24.3 Å². The normalized spacial score (nSPS) is 12.2. The Morgan fingerprint density at radius 2 is 2.05 bits per heavy atom. The summed E-state index contributed by atoms with van der Waals surface area (Å²) in [6, 6.07) is 9.15. The van der Waals surface area contributed by atoms with E-state index in [0.29, 0.717) is 24.3 Å². The van der Waals surface area contributed by atoms with Crippen LogP contribution in [0.25, 0.3) is 0 Å². The predicted octanol–water partition coefficient (Wildman–Crippen LogP) is 2.96. The Morgan fingerprint density at radius 3 is 2.68 bits per heavy atom. The first-order chi connectivity index (χ1) is 9.24. The fraction of sp³-hybridized carbons (Fsp3) is 0.333. The van der Waals surface area contributed by atoms with Crippen LogP contribution in [0.4, 0.5) is 0 Å². The molecule has 0 aliphatic carbocycles. The maximum absolute atomic E-state index is 10.2. The molecule has 102 valence electrons. The van der Waals surface area contributed by atoms with Gasteiger partial charge in [-0.05, 0) is 30.7 Å². The quantitative estimate of drug-likeness (QED) is 0.869. The largest absolute Gasteiger partial charge is 0.497 e. The SMILES string of the molecule is COc1ccc(C(O)CCc2ccco2)c(OC)c1. The van der Waals surface area contributed by atoms with E-state index in [4.69, 9.17) is 13.9 Å². The van der Waals surface area contributed by atoms with E-state index in [0.717, 1.165) is 11.3 Å². The minimum Gasteiger partial charge on any atom is -0.497 e. The second kappa shape index (κ2) is 6.29. The van der Waals surface area contributed by atoms with Gasteiger partial charge in [0, 0.05) is 18.1 Å². The fourth-order valence-corrected chi connectivity index (χ4v) is 1.98. The lowest BCUT2D eigenvalue weighted by atomic mass is 10.0. The van der Waals surface area contributed by atoms with Gasteiger partial charge in [0.05, 0.1) is 26.6 Å². The predicted molar refractivity (Wildman–Crippen MR) is 71.5 cm³/mol. The smallest absolute Gasteiger partial charge is 0.128 e. The van der Waals surface area contributed by atoms with E-state index in [2.05, 4.69) is 0 Å². The molecule has 0 amide bonds. The topological polar surface area (TPSA) is 51.8 Å². The molecular formula is C15H18O4. The van der Waals surface area contributed by atoms with Gasteiger partial charge in [0.25, 0.3) is 0 Å². The van der Waals surface area contributed by atoms with Crippen molar-refractivity contribution < 1.29 is 19.0 Å². The van der Waals surface area contributed by atoms with Crippen molar-refractivity contribution in [1.29, 1.82) is 0 Å². The minimum absolute atomic E-state index is 0.580. The average molecular weight is 262 g/mol. The van der Waals surface area contributed by atoms with Crippen LogP contribution in [0.3, 0.4) is 0 Å². The molecule has 0 saturated carbocycles. The van der Waals surface area contributed by atoms with Crippen molar-refractivity contribution in [2.75, 3.05) is 14.2 Å². The summed E-state index contributed by atoms with van der Waals surface area (Å²) in [5.74, 6) is 2.21. The van der Waals surface area contributed by atoms with Crippen LogP contribution in [0.2, 0.25) is 0 Å². The monoisotopic (exact) mass is 262 g/mol. The number of aliphatic hydroxyl groups is 1. The lowest BCUT2D eigenvalue weighted by Gasteiger charge is -2.15. The first kappa shape index (κ1) is 13.5. The van der Waals surface area contributed by atoms with Crippen molar-refractivity contribution in [3.63, 3.8) is 0 Å². The number of benzene rings is 1. The van der Waals surface area contributed by atoms with Gasteiger partial charge in [-0.3, -0.25) is 0 Å². The molecule has 0 aliphatic heterocycles. The molecule has 1 heterocycles. The van der Waals surface area contributed by atoms with Crippen LogP contribution in [0.5, 0.6) is 11.5 Å². The summed E-state index contributed by atoms with van der Waals surface area (Å²) in [6.07, 6.45) is 2.31. The highest BCUT2D eigenvalue weighted by Gasteiger charge is 2.14. The van der Waals surface area contributed by atoms with Gasteiger partial charge in [0.1, 0.15) is 17.3 Å². The Hall–Kier alpha value is -1.94. The zero-order valence-corrected chi connectivity index (χ0v) is 11.1. The molecule has 0 bridgehead atoms. The third-order valence-corrected chi connectivity index (χ3v) is 3.04. The fourth-order valence-electron chi connectivity index (χ4n) is 1.98. The Kier molecular flexibility index (Phi) is 4.47. The lowest BCUT2D eigenvalue weighted by Crippen LogP contribution is -2.02. The highest BCUT2D eigenvalue weighted by molar-refractivity contribution is 5.41. The van der Waals surface area contributed by atoms with Crippen LogP contribution in [-0.4, -0.2) is 19.3 Å². The number of aryl methyl sites for hydroxylation is 1. The van der Waals surface area contributed by atoms with Crippen LogP contribution in [0.15, 0.2) is 41.0 Å². The van der Waals surface area contributed by atoms with Crippen LogP contribution in [0, 0.1) is 0 Å². The summed E-state index contributed by atoms with van der Waals surface area (Å²) in [5.41, 5.74) is 0.759. The third kappa shape index (κ3) is 3.29. The second-order valence-electron chi connectivity index (χ2n) is 4.24. The van der Waals surface area contributed by atoms with Crippen molar-refractivity contribution in [2.24, 2.45) is 0 Å². The maximum Gasteiger partial charge on any atom is 0.128 e. The Morgan fingerprint density at radius 1 is 1.21 bits per heavy atom. The number of furan rings is 1. The molecular weight excluding hydrogens is 244 g/mol. The molecule has 4 nitrogen and oxygen atoms in total. The molecule has 2 rings (SSSR count). The summed E-state index contributed by atoms with van der Waals surface area (Å²) < 4.78 is 15.7. The first-order valence-electron chi connectivity index (χ1n) is 6.17. The Balaban J connectivity index is 2.07. The molecule has 0 spiro atoms. The van der Waals surface area contributed by atoms with Gasteiger partial charge in [-0.25, -0.2) is 0 Å². The van der Waals surface area contributed by atoms with Crippen molar-refractivity contribution in [1.82, 2.24) is 0 Å². The van der Waals surface area contributed by atoms with Gasteiger partial charge >= 0.3 is 0 Å². The van der Waals surface area contributed by atoms with Gasteiger partial charge in [-0.2, -0.15) is 0 Å². The summed E-state index contributed by atoms with van der Waals surface area (Å²) in [6.45, 7) is 0. The highest BCUT2D eigenvalue weighted by atomic mass is 16.5. The Labute approximate surface area is 112 Å². The average Bonchev–Trinajstić information content (AvgIpc) is 2.97. The summed E-state index contributed by atoms with van der Waals surface area (Å²) in [4.78, 5) is 0. The van der Waals surface area contributed by atoms with Gasteiger partial charge in [-0.1, -0.05) is 0 Å². The van der Waals surface area contributed by atoms with Crippen LogP contribution >= 0.6 is 0 Å². The van der Waals surface area contributed by atoms with E-state index in [1.165, 1.54) is 0 Å². The van der Waals surface area contributed by atoms with Gasteiger partial charge < -0.3 is 19.0 Å². The van der Waals surface area contributed by atoms with E-state index < -0.39 is 6.10 Å². The zero-order chi connectivity index (χ0) is 13.7. The van der Waals surface area contributed by atoms with Gasteiger partial charge in [-0.15, -0.1) is 0 Å². The summed E-state index contributed by atoms with van der Waals surface area (Å²) >= 11 is 0. The summed E-state index contributed by atoms with van der Waals surface area (Å²) in [5, 5.41) is 10.2. The zero-order valence-electron chi connectivity index (χ0n) is 11.1. The van der Waals surface area contributed by atoms with Gasteiger partial charge in [0.2, 0.25) is 0 Å². The standard InChI is InChI=1S/C15H18O4/c1-17-12-5-7-13(15(10-12)18-2)14(16)8-6-11-4-3-9-19-11/h3-5,7,9-10,14,16H,6,8H2,1-2H3. The number of ether oxygens (including phenoxy) is 2. The van der Waals surface area contributed by atoms with Crippen molar-refractivity contribution in [2.45, 2.75) is 18.9 Å². The molecule has 4 heteroatoms. The maximum atomic E-state index is 10.2. The molecule has 0 aliphatic rings.